The van der Waals surface area contributed by atoms with Crippen LogP contribution in [0.15, 0.2) is 46.8 Å². The normalized spacial score (nSPS) is 10.2. The number of ketones is 2. The lowest BCUT2D eigenvalue weighted by atomic mass is 10.0. The molecule has 0 aliphatic carbocycles. The van der Waals surface area contributed by atoms with Gasteiger partial charge in [0.05, 0.1) is 4.88 Å². The second-order valence-corrected chi connectivity index (χ2v) is 7.51. The third-order valence-electron chi connectivity index (χ3n) is 4.36. The summed E-state index contributed by atoms with van der Waals surface area (Å²) in [5, 5.41) is 7.98. The standard InChI is InChI=1S/C22H27N3O3S.2C2H6/c1-16(26)17-8-3-4-9-18(17)22(23-2)25-14-7-13-24-21(28)12-5-10-19(27)20-11-6-15-29-20;2*1-2/h3-4,6,8-9,11,15H,5,7,10,12-14H2,1-2H3,(H,23,25)(H,24,28);2*1-2H3. The van der Waals surface area contributed by atoms with E-state index in [1.165, 1.54) is 18.3 Å². The van der Waals surface area contributed by atoms with Crippen molar-refractivity contribution in [2.45, 2.75) is 60.3 Å². The van der Waals surface area contributed by atoms with Crippen molar-refractivity contribution in [3.05, 3.63) is 57.8 Å². The summed E-state index contributed by atoms with van der Waals surface area (Å²) in [6.07, 6.45) is 2.01. The molecule has 0 aliphatic rings. The first kappa shape index (κ1) is 30.2. The van der Waals surface area contributed by atoms with Gasteiger partial charge in [0.1, 0.15) is 5.84 Å². The summed E-state index contributed by atoms with van der Waals surface area (Å²) in [4.78, 5) is 40.6. The monoisotopic (exact) mass is 473 g/mol. The number of carbonyl (C=O) groups excluding carboxylic acids is 3. The SMILES string of the molecule is CC.CC.CN=C(NCCCNC(=O)CCCC(=O)c1cccs1)c1ccccc1C(C)=O. The topological polar surface area (TPSA) is 87.6 Å². The summed E-state index contributed by atoms with van der Waals surface area (Å²) in [6.45, 7) is 10.7. The summed E-state index contributed by atoms with van der Waals surface area (Å²) < 4.78 is 0. The highest BCUT2D eigenvalue weighted by Gasteiger charge is 2.11. The van der Waals surface area contributed by atoms with Crippen molar-refractivity contribution in [3.63, 3.8) is 0 Å². The number of carbonyl (C=O) groups is 3. The quantitative estimate of drug-likeness (QED) is 0.194. The summed E-state index contributed by atoms with van der Waals surface area (Å²) in [6, 6.07) is 11.0. The fraction of sp³-hybridized carbons (Fsp3) is 0.462. The van der Waals surface area contributed by atoms with Crippen LogP contribution in [0.5, 0.6) is 0 Å². The van der Waals surface area contributed by atoms with Gasteiger partial charge in [-0.25, -0.2) is 0 Å². The molecular weight excluding hydrogens is 434 g/mol. The van der Waals surface area contributed by atoms with E-state index in [0.717, 1.165) is 16.9 Å². The Labute approximate surface area is 202 Å². The third-order valence-corrected chi connectivity index (χ3v) is 5.27. The van der Waals surface area contributed by atoms with Gasteiger partial charge >= 0.3 is 0 Å². The maximum atomic E-state index is 11.9. The fourth-order valence-electron chi connectivity index (χ4n) is 2.87. The van der Waals surface area contributed by atoms with Gasteiger partial charge in [-0.15, -0.1) is 11.3 Å². The maximum absolute atomic E-state index is 11.9. The molecule has 2 N–H and O–H groups in total. The number of hydrogen-bond donors (Lipinski definition) is 2. The number of Topliss-reactive ketones (excluding diaryl/α,β-unsaturated/α-hetero) is 2. The van der Waals surface area contributed by atoms with Gasteiger partial charge in [0.2, 0.25) is 5.91 Å². The Morgan fingerprint density at radius 3 is 2.06 bits per heavy atom. The summed E-state index contributed by atoms with van der Waals surface area (Å²) in [7, 11) is 1.68. The van der Waals surface area contributed by atoms with Crippen LogP contribution in [0.3, 0.4) is 0 Å². The molecule has 7 heteroatoms. The zero-order valence-electron chi connectivity index (χ0n) is 20.9. The number of thiophene rings is 1. The number of nitrogens with zero attached hydrogens (tertiary/aromatic N) is 1. The molecule has 1 amide bonds. The molecule has 0 saturated carbocycles. The Morgan fingerprint density at radius 2 is 1.48 bits per heavy atom. The first-order chi connectivity index (χ1) is 16.0. The number of rotatable bonds is 11. The first-order valence-corrected chi connectivity index (χ1v) is 12.5. The summed E-state index contributed by atoms with van der Waals surface area (Å²) in [5.41, 5.74) is 1.41. The van der Waals surface area contributed by atoms with Crippen molar-refractivity contribution < 1.29 is 14.4 Å². The third kappa shape index (κ3) is 11.6. The predicted octanol–water partition coefficient (Wildman–Crippen LogP) is 5.53. The van der Waals surface area contributed by atoms with Gasteiger partial charge in [-0.3, -0.25) is 19.4 Å². The number of nitrogens with one attached hydrogen (secondary N) is 2. The Kier molecular flexibility index (Phi) is 17.2. The zero-order valence-corrected chi connectivity index (χ0v) is 21.7. The molecule has 33 heavy (non-hydrogen) atoms. The molecule has 1 heterocycles. The Balaban J connectivity index is 0.00000242. The smallest absolute Gasteiger partial charge is 0.220 e. The van der Waals surface area contributed by atoms with Crippen LogP contribution in [-0.2, 0) is 4.79 Å². The summed E-state index contributed by atoms with van der Waals surface area (Å²) >= 11 is 1.43. The van der Waals surface area contributed by atoms with Crippen molar-refractivity contribution in [2.24, 2.45) is 4.99 Å². The minimum atomic E-state index is -0.0460. The van der Waals surface area contributed by atoms with E-state index in [0.29, 0.717) is 43.8 Å². The molecule has 0 bridgehead atoms. The van der Waals surface area contributed by atoms with Gasteiger partial charge in [-0.2, -0.15) is 0 Å². The van der Waals surface area contributed by atoms with Crippen LogP contribution in [0.4, 0.5) is 0 Å². The lowest BCUT2D eigenvalue weighted by Gasteiger charge is -2.12. The van der Waals surface area contributed by atoms with E-state index in [-0.39, 0.29) is 17.5 Å². The Bertz CT molecular complexity index is 861. The van der Waals surface area contributed by atoms with E-state index in [2.05, 4.69) is 15.6 Å². The van der Waals surface area contributed by atoms with Gasteiger partial charge < -0.3 is 10.6 Å². The highest BCUT2D eigenvalue weighted by atomic mass is 32.1. The Hall–Kier alpha value is -2.80. The van der Waals surface area contributed by atoms with Gasteiger partial charge in [-0.05, 0) is 31.2 Å². The maximum Gasteiger partial charge on any atom is 0.220 e. The van der Waals surface area contributed by atoms with Gasteiger partial charge in [0, 0.05) is 44.1 Å². The van der Waals surface area contributed by atoms with Gasteiger partial charge in [0.15, 0.2) is 11.6 Å². The van der Waals surface area contributed by atoms with Crippen LogP contribution in [0.1, 0.15) is 85.9 Å². The molecule has 0 spiro atoms. The lowest BCUT2D eigenvalue weighted by Crippen LogP contribution is -2.31. The van der Waals surface area contributed by atoms with E-state index in [4.69, 9.17) is 0 Å². The Morgan fingerprint density at radius 1 is 0.848 bits per heavy atom. The van der Waals surface area contributed by atoms with Crippen molar-refractivity contribution in [1.82, 2.24) is 10.6 Å². The second kappa shape index (κ2) is 18.7. The van der Waals surface area contributed by atoms with Crippen LogP contribution in [0, 0.1) is 0 Å². The average Bonchev–Trinajstić information content (AvgIpc) is 3.39. The molecule has 0 aliphatic heterocycles. The van der Waals surface area contributed by atoms with Gasteiger partial charge in [0.25, 0.3) is 0 Å². The molecule has 0 saturated heterocycles. The zero-order chi connectivity index (χ0) is 25.1. The first-order valence-electron chi connectivity index (χ1n) is 11.7. The number of amides is 1. The molecule has 0 atom stereocenters. The second-order valence-electron chi connectivity index (χ2n) is 6.56. The molecule has 6 nitrogen and oxygen atoms in total. The van der Waals surface area contributed by atoms with Crippen LogP contribution < -0.4 is 10.6 Å². The molecule has 0 fully saturated rings. The number of hydrogen-bond acceptors (Lipinski definition) is 5. The van der Waals surface area contributed by atoms with E-state index in [1.807, 2.05) is 63.4 Å². The van der Waals surface area contributed by atoms with Crippen molar-refractivity contribution in [2.75, 3.05) is 20.1 Å². The van der Waals surface area contributed by atoms with Crippen LogP contribution >= 0.6 is 11.3 Å². The molecular formula is C26H39N3O3S. The number of aliphatic imine (C=N–C) groups is 1. The lowest BCUT2D eigenvalue weighted by molar-refractivity contribution is -0.121. The molecule has 1 aromatic heterocycles. The molecule has 1 aromatic carbocycles. The van der Waals surface area contributed by atoms with Crippen LogP contribution in [-0.4, -0.2) is 43.4 Å². The molecule has 0 radical (unpaired) electrons. The van der Waals surface area contributed by atoms with Crippen molar-refractivity contribution in [1.29, 1.82) is 0 Å². The minimum absolute atomic E-state index is 0.00614. The van der Waals surface area contributed by atoms with Gasteiger partial charge in [-0.1, -0.05) is 58.0 Å². The van der Waals surface area contributed by atoms with Crippen LogP contribution in [0.25, 0.3) is 0 Å². The highest BCUT2D eigenvalue weighted by Crippen LogP contribution is 2.13. The fourth-order valence-corrected chi connectivity index (χ4v) is 3.57. The number of amidine groups is 1. The van der Waals surface area contributed by atoms with E-state index in [9.17, 15) is 14.4 Å². The average molecular weight is 474 g/mol. The molecule has 2 aromatic rings. The largest absolute Gasteiger partial charge is 0.370 e. The number of benzene rings is 1. The predicted molar refractivity (Wildman–Crippen MR) is 140 cm³/mol. The van der Waals surface area contributed by atoms with Crippen LogP contribution in [0.2, 0.25) is 0 Å². The summed E-state index contributed by atoms with van der Waals surface area (Å²) in [5.74, 6) is 0.701. The molecule has 2 rings (SSSR count). The molecule has 0 unspecified atom stereocenters. The minimum Gasteiger partial charge on any atom is -0.370 e. The van der Waals surface area contributed by atoms with Crippen molar-refractivity contribution in [3.8, 4) is 0 Å². The van der Waals surface area contributed by atoms with E-state index >= 15 is 0 Å². The highest BCUT2D eigenvalue weighted by molar-refractivity contribution is 7.12. The van der Waals surface area contributed by atoms with E-state index in [1.54, 1.807) is 13.1 Å². The van der Waals surface area contributed by atoms with Crippen molar-refractivity contribution >= 4 is 34.6 Å². The van der Waals surface area contributed by atoms with E-state index < -0.39 is 0 Å². The molecule has 182 valence electrons.